The largest absolute Gasteiger partial charge is 0.465 e. The zero-order valence-corrected chi connectivity index (χ0v) is 20.2. The summed E-state index contributed by atoms with van der Waals surface area (Å²) < 4.78 is 32.8. The average molecular weight is 488 g/mol. The van der Waals surface area contributed by atoms with Gasteiger partial charge in [-0.1, -0.05) is 72.8 Å². The van der Waals surface area contributed by atoms with Crippen molar-refractivity contribution in [3.63, 3.8) is 0 Å². The van der Waals surface area contributed by atoms with Crippen molar-refractivity contribution in [3.8, 4) is 0 Å². The summed E-state index contributed by atoms with van der Waals surface area (Å²) in [5.41, 5.74) is 1.83. The molecule has 2 unspecified atom stereocenters. The number of para-hydroxylation sites is 1. The molecule has 0 fully saturated rings. The minimum absolute atomic E-state index is 0.0474. The Labute approximate surface area is 204 Å². The van der Waals surface area contributed by atoms with Gasteiger partial charge in [-0.25, -0.2) is 8.42 Å². The van der Waals surface area contributed by atoms with Crippen LogP contribution in [0.4, 0.5) is 5.69 Å². The number of anilines is 1. The summed E-state index contributed by atoms with van der Waals surface area (Å²) in [6.07, 6.45) is 3.45. The highest BCUT2D eigenvalue weighted by Gasteiger charge is 2.54. The molecule has 6 nitrogen and oxygen atoms in total. The second kappa shape index (κ2) is 8.50. The van der Waals surface area contributed by atoms with E-state index in [0.717, 1.165) is 11.3 Å². The number of rotatable bonds is 5. The van der Waals surface area contributed by atoms with E-state index < -0.39 is 32.4 Å². The Morgan fingerprint density at radius 2 is 1.60 bits per heavy atom. The highest BCUT2D eigenvalue weighted by atomic mass is 32.2. The van der Waals surface area contributed by atoms with Gasteiger partial charge in [0.15, 0.2) is 15.1 Å². The van der Waals surface area contributed by atoms with Crippen molar-refractivity contribution in [3.05, 3.63) is 108 Å². The molecule has 178 valence electrons. The summed E-state index contributed by atoms with van der Waals surface area (Å²) in [5.74, 6) is -1.77. The van der Waals surface area contributed by atoms with Crippen LogP contribution < -0.4 is 4.90 Å². The number of nitrogens with zero attached hydrogens (tertiary/aromatic N) is 1. The maximum absolute atomic E-state index is 13.8. The van der Waals surface area contributed by atoms with Crippen molar-refractivity contribution in [2.45, 2.75) is 28.4 Å². The fourth-order valence-electron chi connectivity index (χ4n) is 5.31. The van der Waals surface area contributed by atoms with E-state index in [1.807, 2.05) is 36.4 Å². The first-order valence-corrected chi connectivity index (χ1v) is 13.0. The molecule has 0 bridgehead atoms. The van der Waals surface area contributed by atoms with E-state index in [0.29, 0.717) is 11.1 Å². The van der Waals surface area contributed by atoms with Crippen LogP contribution in [-0.2, 0) is 29.6 Å². The quantitative estimate of drug-likeness (QED) is 0.401. The van der Waals surface area contributed by atoms with Gasteiger partial charge in [0.25, 0.3) is 0 Å². The van der Waals surface area contributed by atoms with Crippen LogP contribution in [-0.4, -0.2) is 39.2 Å². The van der Waals surface area contributed by atoms with E-state index in [-0.39, 0.29) is 17.4 Å². The van der Waals surface area contributed by atoms with Crippen molar-refractivity contribution in [2.75, 3.05) is 18.6 Å². The summed E-state index contributed by atoms with van der Waals surface area (Å²) in [4.78, 5) is 28.6. The predicted octanol–water partition coefficient (Wildman–Crippen LogP) is 4.01. The maximum atomic E-state index is 13.8. The standard InChI is InChI=1S/C28H25NO5S/c1-3-34-26(30)25(35(32,33)19-11-5-4-6-12-19)21-17-18-28(22-14-8-7-13-20(21)22)23-15-9-10-16-24(23)29(2)27(28)31/h4-18,21,25H,3H2,1-2H3/t21?,25?,28-/m0/s1. The van der Waals surface area contributed by atoms with E-state index in [1.165, 1.54) is 12.1 Å². The molecule has 3 aromatic rings. The number of carbonyl (C=O) groups excluding carboxylic acids is 2. The Bertz CT molecular complexity index is 1450. The van der Waals surface area contributed by atoms with Gasteiger partial charge in [0.2, 0.25) is 5.91 Å². The van der Waals surface area contributed by atoms with Crippen LogP contribution in [0.15, 0.2) is 95.9 Å². The lowest BCUT2D eigenvalue weighted by Gasteiger charge is -2.36. The Hall–Kier alpha value is -3.71. The van der Waals surface area contributed by atoms with E-state index in [2.05, 4.69) is 0 Å². The van der Waals surface area contributed by atoms with Gasteiger partial charge in [-0.3, -0.25) is 9.59 Å². The molecule has 0 aromatic heterocycles. The van der Waals surface area contributed by atoms with Crippen LogP contribution >= 0.6 is 0 Å². The van der Waals surface area contributed by atoms with Gasteiger partial charge in [-0.2, -0.15) is 0 Å². The summed E-state index contributed by atoms with van der Waals surface area (Å²) >= 11 is 0. The van der Waals surface area contributed by atoms with Crippen LogP contribution in [0.2, 0.25) is 0 Å². The van der Waals surface area contributed by atoms with E-state index in [4.69, 9.17) is 4.74 Å². The number of hydrogen-bond donors (Lipinski definition) is 0. The molecule has 5 rings (SSSR count). The summed E-state index contributed by atoms with van der Waals surface area (Å²) in [6, 6.07) is 22.8. The number of amides is 1. The van der Waals surface area contributed by atoms with Crippen molar-refractivity contribution < 1.29 is 22.7 Å². The van der Waals surface area contributed by atoms with Crippen LogP contribution in [0.25, 0.3) is 0 Å². The number of esters is 1. The Balaban J connectivity index is 1.73. The molecule has 3 atom stereocenters. The Morgan fingerprint density at radius 3 is 2.31 bits per heavy atom. The first kappa shape index (κ1) is 23.1. The zero-order chi connectivity index (χ0) is 24.8. The van der Waals surface area contributed by atoms with Crippen molar-refractivity contribution in [1.29, 1.82) is 0 Å². The Kier molecular flexibility index (Phi) is 5.60. The maximum Gasteiger partial charge on any atom is 0.325 e. The molecule has 2 aliphatic rings. The summed E-state index contributed by atoms with van der Waals surface area (Å²) in [5, 5.41) is -1.50. The van der Waals surface area contributed by atoms with Crippen molar-refractivity contribution >= 4 is 27.4 Å². The number of likely N-dealkylation sites (N-methyl/N-ethyl adjacent to an activating group) is 1. The molecule has 1 aliphatic carbocycles. The monoisotopic (exact) mass is 487 g/mol. The number of hydrogen-bond acceptors (Lipinski definition) is 5. The summed E-state index contributed by atoms with van der Waals surface area (Å²) in [7, 11) is -2.37. The molecule has 1 aliphatic heterocycles. The Morgan fingerprint density at radius 1 is 0.971 bits per heavy atom. The molecule has 1 heterocycles. The van der Waals surface area contributed by atoms with E-state index >= 15 is 0 Å². The highest BCUT2D eigenvalue weighted by Crippen LogP contribution is 2.52. The minimum Gasteiger partial charge on any atom is -0.465 e. The molecular formula is C28H25NO5S. The number of carbonyl (C=O) groups is 2. The molecule has 1 spiro atoms. The van der Waals surface area contributed by atoms with Crippen LogP contribution in [0.5, 0.6) is 0 Å². The normalized spacial score (nSPS) is 21.5. The molecule has 0 radical (unpaired) electrons. The zero-order valence-electron chi connectivity index (χ0n) is 19.4. The van der Waals surface area contributed by atoms with E-state index in [1.54, 1.807) is 61.4 Å². The first-order chi connectivity index (χ1) is 16.8. The lowest BCUT2D eigenvalue weighted by molar-refractivity contribution is -0.142. The predicted molar refractivity (Wildman–Crippen MR) is 133 cm³/mol. The second-order valence-corrected chi connectivity index (χ2v) is 10.8. The molecule has 0 saturated heterocycles. The molecule has 35 heavy (non-hydrogen) atoms. The van der Waals surface area contributed by atoms with Gasteiger partial charge < -0.3 is 9.64 Å². The van der Waals surface area contributed by atoms with Crippen LogP contribution in [0.1, 0.15) is 29.5 Å². The lowest BCUT2D eigenvalue weighted by Crippen LogP contribution is -2.44. The fraction of sp³-hybridized carbons (Fsp3) is 0.214. The third kappa shape index (κ3) is 3.33. The van der Waals surface area contributed by atoms with Gasteiger partial charge >= 0.3 is 5.97 Å². The van der Waals surface area contributed by atoms with Gasteiger partial charge in [-0.15, -0.1) is 0 Å². The second-order valence-electron chi connectivity index (χ2n) is 8.69. The molecule has 7 heteroatoms. The van der Waals surface area contributed by atoms with Crippen molar-refractivity contribution in [1.82, 2.24) is 0 Å². The van der Waals surface area contributed by atoms with Crippen molar-refractivity contribution in [2.24, 2.45) is 0 Å². The smallest absolute Gasteiger partial charge is 0.325 e. The molecule has 0 N–H and O–H groups in total. The molecule has 0 saturated carbocycles. The van der Waals surface area contributed by atoms with Gasteiger partial charge in [0.05, 0.1) is 11.5 Å². The SMILES string of the molecule is CCOC(=O)C(C1C=C[C@]2(C(=O)N(C)c3ccccc32)c2ccccc21)S(=O)(=O)c1ccccc1. The number of allylic oxidation sites excluding steroid dienone is 1. The average Bonchev–Trinajstić information content (AvgIpc) is 3.09. The van der Waals surface area contributed by atoms with Crippen LogP contribution in [0.3, 0.4) is 0 Å². The number of ether oxygens (including phenoxy) is 1. The third-order valence-corrected chi connectivity index (χ3v) is 8.97. The first-order valence-electron chi connectivity index (χ1n) is 11.5. The number of fused-ring (bicyclic) bond motifs is 4. The number of benzene rings is 3. The highest BCUT2D eigenvalue weighted by molar-refractivity contribution is 7.92. The topological polar surface area (TPSA) is 80.8 Å². The van der Waals surface area contributed by atoms with Gasteiger partial charge in [0.1, 0.15) is 5.41 Å². The van der Waals surface area contributed by atoms with Gasteiger partial charge in [0, 0.05) is 18.7 Å². The summed E-state index contributed by atoms with van der Waals surface area (Å²) in [6.45, 7) is 1.70. The number of sulfone groups is 1. The fourth-order valence-corrected chi connectivity index (χ4v) is 7.08. The van der Waals surface area contributed by atoms with E-state index in [9.17, 15) is 18.0 Å². The van der Waals surface area contributed by atoms with Crippen LogP contribution in [0, 0.1) is 0 Å². The van der Waals surface area contributed by atoms with Gasteiger partial charge in [-0.05, 0) is 41.8 Å². The third-order valence-electron chi connectivity index (χ3n) is 6.88. The molecule has 3 aromatic carbocycles. The molecule has 1 amide bonds. The minimum atomic E-state index is -4.11. The lowest BCUT2D eigenvalue weighted by atomic mass is 9.67. The molecular weight excluding hydrogens is 462 g/mol.